The summed E-state index contributed by atoms with van der Waals surface area (Å²) in [5.41, 5.74) is 4.01. The molecule has 7 atom stereocenters. The second-order valence-electron chi connectivity index (χ2n) is 11.1. The minimum absolute atomic E-state index is 0.00904. The zero-order valence-corrected chi connectivity index (χ0v) is 22.8. The van der Waals surface area contributed by atoms with Gasteiger partial charge in [-0.2, -0.15) is 0 Å². The lowest BCUT2D eigenvalue weighted by Crippen LogP contribution is -2.59. The number of rotatable bonds is 9. The molecule has 8 nitrogen and oxygen atoms in total. The fourth-order valence-electron chi connectivity index (χ4n) is 5.90. The Morgan fingerprint density at radius 3 is 2.20 bits per heavy atom. The Bertz CT molecular complexity index is 1350. The van der Waals surface area contributed by atoms with E-state index in [-0.39, 0.29) is 35.9 Å². The number of halogens is 1. The van der Waals surface area contributed by atoms with Crippen LogP contribution in [0.3, 0.4) is 0 Å². The van der Waals surface area contributed by atoms with Crippen LogP contribution >= 0.6 is 0 Å². The third kappa shape index (κ3) is 6.00. The highest BCUT2D eigenvalue weighted by Crippen LogP contribution is 2.48. The molecule has 2 heterocycles. The highest BCUT2D eigenvalue weighted by molar-refractivity contribution is 6.03. The summed E-state index contributed by atoms with van der Waals surface area (Å²) in [6.07, 6.45) is -4.06. The molecule has 0 aromatic heterocycles. The van der Waals surface area contributed by atoms with Crippen molar-refractivity contribution < 1.29 is 39.5 Å². The molecule has 41 heavy (non-hydrogen) atoms. The molecule has 9 heteroatoms. The minimum atomic E-state index is -1.47. The number of anilines is 1. The van der Waals surface area contributed by atoms with Crippen LogP contribution in [0.4, 0.5) is 10.1 Å². The lowest BCUT2D eigenvalue weighted by atomic mass is 9.78. The van der Waals surface area contributed by atoms with E-state index in [4.69, 9.17) is 4.74 Å². The summed E-state index contributed by atoms with van der Waals surface area (Å²) in [5, 5.41) is 51.2. The quantitative estimate of drug-likeness (QED) is 0.252. The van der Waals surface area contributed by atoms with Crippen LogP contribution in [-0.4, -0.2) is 68.6 Å². The SMILES string of the molecule is Cc1ccc(N2C(=O)[C@H](CCCc3ccc(F)cc3)[C@H]2c2ccc(C[C@@H]3OC(CO)[C@@H](O)[C@H](O)C3O)cc2O)cc1. The molecule has 3 aromatic carbocycles. The number of hydrogen-bond acceptors (Lipinski definition) is 7. The lowest BCUT2D eigenvalue weighted by Gasteiger charge is -2.48. The van der Waals surface area contributed by atoms with Gasteiger partial charge in [-0.25, -0.2) is 4.39 Å². The van der Waals surface area contributed by atoms with Crippen molar-refractivity contribution in [3.63, 3.8) is 0 Å². The summed E-state index contributed by atoms with van der Waals surface area (Å²) in [4.78, 5) is 15.1. The Hall–Kier alpha value is -3.34. The second-order valence-corrected chi connectivity index (χ2v) is 11.1. The number of aliphatic hydroxyl groups is 4. The highest BCUT2D eigenvalue weighted by Gasteiger charge is 2.49. The molecule has 218 valence electrons. The Labute approximate surface area is 238 Å². The van der Waals surface area contributed by atoms with Crippen molar-refractivity contribution >= 4 is 11.6 Å². The largest absolute Gasteiger partial charge is 0.508 e. The Balaban J connectivity index is 1.35. The average molecular weight is 566 g/mol. The topological polar surface area (TPSA) is 131 Å². The standard InChI is InChI=1S/C32H36FNO7/c1-18-5-12-22(13-6-18)34-28(24(32(34)40)4-2-3-19-7-10-21(33)11-8-19)23-14-9-20(15-25(23)36)16-26-29(37)31(39)30(38)27(17-35)41-26/h5-15,24,26-31,35-39H,2-4,16-17H2,1H3/t24-,26+,27?,28-,29?,30-,31-/m1/s1. The number of amides is 1. The van der Waals surface area contributed by atoms with Crippen LogP contribution in [0.5, 0.6) is 5.75 Å². The van der Waals surface area contributed by atoms with Gasteiger partial charge in [-0.05, 0) is 67.6 Å². The molecule has 2 fully saturated rings. The first-order valence-corrected chi connectivity index (χ1v) is 13.9. The summed E-state index contributed by atoms with van der Waals surface area (Å²) < 4.78 is 18.9. The van der Waals surface area contributed by atoms with E-state index in [9.17, 15) is 34.7 Å². The van der Waals surface area contributed by atoms with Gasteiger partial charge in [-0.3, -0.25) is 4.79 Å². The minimum Gasteiger partial charge on any atom is -0.508 e. The number of carbonyl (C=O) groups is 1. The number of aryl methyl sites for hydroxylation is 2. The van der Waals surface area contributed by atoms with Crippen LogP contribution in [0.1, 0.15) is 41.1 Å². The zero-order valence-electron chi connectivity index (χ0n) is 22.8. The smallest absolute Gasteiger partial charge is 0.233 e. The van der Waals surface area contributed by atoms with Gasteiger partial charge in [-0.15, -0.1) is 0 Å². The maximum Gasteiger partial charge on any atom is 0.233 e. The van der Waals surface area contributed by atoms with Crippen molar-refractivity contribution in [2.24, 2.45) is 5.92 Å². The number of phenolic OH excluding ortho intramolecular Hbond substituents is 1. The lowest BCUT2D eigenvalue weighted by molar-refractivity contribution is -0.228. The van der Waals surface area contributed by atoms with Crippen LogP contribution in [0, 0.1) is 18.7 Å². The van der Waals surface area contributed by atoms with E-state index in [1.807, 2.05) is 31.2 Å². The van der Waals surface area contributed by atoms with E-state index in [1.165, 1.54) is 12.1 Å². The monoisotopic (exact) mass is 565 g/mol. The normalized spacial score (nSPS) is 28.0. The number of carbonyl (C=O) groups excluding carboxylic acids is 1. The van der Waals surface area contributed by atoms with Gasteiger partial charge < -0.3 is 35.2 Å². The summed E-state index contributed by atoms with van der Waals surface area (Å²) in [6, 6.07) is 18.7. The number of aliphatic hydroxyl groups excluding tert-OH is 4. The molecule has 0 saturated carbocycles. The molecule has 0 aliphatic carbocycles. The first-order valence-electron chi connectivity index (χ1n) is 13.9. The molecule has 0 bridgehead atoms. The van der Waals surface area contributed by atoms with Crippen molar-refractivity contribution in [3.8, 4) is 5.75 Å². The predicted molar refractivity (Wildman–Crippen MR) is 150 cm³/mol. The maximum atomic E-state index is 13.4. The number of β-lactam (4-membered cyclic amide) rings is 1. The molecule has 0 radical (unpaired) electrons. The van der Waals surface area contributed by atoms with Gasteiger partial charge >= 0.3 is 0 Å². The number of ether oxygens (including phenoxy) is 1. The van der Waals surface area contributed by atoms with E-state index in [1.54, 1.807) is 35.2 Å². The van der Waals surface area contributed by atoms with E-state index < -0.39 is 37.1 Å². The fourth-order valence-corrected chi connectivity index (χ4v) is 5.90. The Morgan fingerprint density at radius 1 is 0.878 bits per heavy atom. The Kier molecular flexibility index (Phi) is 8.72. The van der Waals surface area contributed by atoms with Crippen molar-refractivity contribution in [2.75, 3.05) is 11.5 Å². The van der Waals surface area contributed by atoms with Crippen molar-refractivity contribution in [2.45, 2.75) is 69.2 Å². The molecule has 3 aromatic rings. The van der Waals surface area contributed by atoms with Gasteiger partial charge in [0.2, 0.25) is 5.91 Å². The number of benzene rings is 3. The van der Waals surface area contributed by atoms with E-state index >= 15 is 0 Å². The molecular formula is C32H36FNO7. The van der Waals surface area contributed by atoms with E-state index in [0.29, 0.717) is 24.0 Å². The van der Waals surface area contributed by atoms with Gasteiger partial charge in [0.15, 0.2) is 0 Å². The molecule has 0 spiro atoms. The summed E-state index contributed by atoms with van der Waals surface area (Å²) in [7, 11) is 0. The highest BCUT2D eigenvalue weighted by atomic mass is 19.1. The van der Waals surface area contributed by atoms with E-state index in [2.05, 4.69) is 0 Å². The first kappa shape index (κ1) is 29.2. The molecule has 2 aliphatic rings. The van der Waals surface area contributed by atoms with Gasteiger partial charge in [0.05, 0.1) is 24.7 Å². The third-order valence-corrected chi connectivity index (χ3v) is 8.26. The second kappa shape index (κ2) is 12.3. The van der Waals surface area contributed by atoms with Crippen LogP contribution in [0.2, 0.25) is 0 Å². The number of hydrogen-bond donors (Lipinski definition) is 5. The van der Waals surface area contributed by atoms with Crippen LogP contribution in [-0.2, 0) is 22.4 Å². The Morgan fingerprint density at radius 2 is 1.54 bits per heavy atom. The third-order valence-electron chi connectivity index (χ3n) is 8.26. The van der Waals surface area contributed by atoms with Gasteiger partial charge in [0.1, 0.15) is 36.0 Å². The fraction of sp³-hybridized carbons (Fsp3) is 0.406. The first-order chi connectivity index (χ1) is 19.7. The average Bonchev–Trinajstić information content (AvgIpc) is 2.96. The molecule has 1 amide bonds. The zero-order chi connectivity index (χ0) is 29.3. The number of nitrogens with zero attached hydrogens (tertiary/aromatic N) is 1. The van der Waals surface area contributed by atoms with Crippen LogP contribution in [0.15, 0.2) is 66.7 Å². The maximum absolute atomic E-state index is 13.4. The molecule has 2 unspecified atom stereocenters. The molecule has 2 saturated heterocycles. The summed E-state index contributed by atoms with van der Waals surface area (Å²) in [5.74, 6) is -0.672. The number of aromatic hydroxyl groups is 1. The summed E-state index contributed by atoms with van der Waals surface area (Å²) in [6.45, 7) is 1.45. The number of phenols is 1. The van der Waals surface area contributed by atoms with Gasteiger partial charge in [0, 0.05) is 17.7 Å². The molecule has 5 rings (SSSR count). The van der Waals surface area contributed by atoms with Gasteiger partial charge in [0.25, 0.3) is 0 Å². The molecule has 2 aliphatic heterocycles. The van der Waals surface area contributed by atoms with Crippen LogP contribution in [0.25, 0.3) is 0 Å². The molecule has 5 N–H and O–H groups in total. The summed E-state index contributed by atoms with van der Waals surface area (Å²) >= 11 is 0. The van der Waals surface area contributed by atoms with Crippen LogP contribution < -0.4 is 4.90 Å². The van der Waals surface area contributed by atoms with Crippen molar-refractivity contribution in [1.82, 2.24) is 0 Å². The predicted octanol–water partition coefficient (Wildman–Crippen LogP) is 2.95. The van der Waals surface area contributed by atoms with E-state index in [0.717, 1.165) is 23.2 Å². The van der Waals surface area contributed by atoms with Gasteiger partial charge in [-0.1, -0.05) is 42.0 Å². The van der Waals surface area contributed by atoms with Crippen molar-refractivity contribution in [1.29, 1.82) is 0 Å². The van der Waals surface area contributed by atoms with Crippen molar-refractivity contribution in [3.05, 3.63) is 94.8 Å². The molecular weight excluding hydrogens is 529 g/mol.